The van der Waals surface area contributed by atoms with Gasteiger partial charge in [-0.15, -0.1) is 0 Å². The number of hydrazone groups is 1. The van der Waals surface area contributed by atoms with Crippen molar-refractivity contribution in [2.24, 2.45) is 5.10 Å². The van der Waals surface area contributed by atoms with Crippen LogP contribution >= 0.6 is 11.6 Å². The van der Waals surface area contributed by atoms with E-state index in [1.165, 1.54) is 12.1 Å². The Labute approximate surface area is 249 Å². The highest BCUT2D eigenvalue weighted by Gasteiger charge is 2.27. The van der Waals surface area contributed by atoms with Crippen LogP contribution in [-0.2, 0) is 14.8 Å². The molecular weight excluding hydrogens is 576 g/mol. The average molecular weight is 605 g/mol. The van der Waals surface area contributed by atoms with E-state index in [9.17, 15) is 18.0 Å². The molecule has 0 spiro atoms. The lowest BCUT2D eigenvalue weighted by atomic mass is 10.1. The first-order chi connectivity index (χ1) is 20.2. The van der Waals surface area contributed by atoms with Crippen LogP contribution in [0.5, 0.6) is 5.75 Å². The molecule has 0 unspecified atom stereocenters. The number of para-hydroxylation sites is 1. The largest absolute Gasteiger partial charge is 0.494 e. The number of anilines is 2. The van der Waals surface area contributed by atoms with Crippen LogP contribution in [-0.4, -0.2) is 39.1 Å². The van der Waals surface area contributed by atoms with E-state index in [0.717, 1.165) is 4.31 Å². The summed E-state index contributed by atoms with van der Waals surface area (Å²) in [7, 11) is -4.09. The molecule has 0 aliphatic carbocycles. The Morgan fingerprint density at radius 3 is 2.26 bits per heavy atom. The van der Waals surface area contributed by atoms with E-state index in [4.69, 9.17) is 16.3 Å². The Balaban J connectivity index is 1.48. The molecule has 0 saturated carbocycles. The molecule has 0 aromatic heterocycles. The second-order valence-corrected chi connectivity index (χ2v) is 11.3. The maximum Gasteiger partial charge on any atom is 0.264 e. The summed E-state index contributed by atoms with van der Waals surface area (Å²) in [6, 6.07) is 27.9. The van der Waals surface area contributed by atoms with Crippen molar-refractivity contribution >= 4 is 50.5 Å². The fourth-order valence-corrected chi connectivity index (χ4v) is 5.55. The highest BCUT2D eigenvalue weighted by molar-refractivity contribution is 7.92. The van der Waals surface area contributed by atoms with Gasteiger partial charge in [0.05, 0.1) is 22.9 Å². The minimum atomic E-state index is -4.09. The average Bonchev–Trinajstić information content (AvgIpc) is 2.99. The lowest BCUT2D eigenvalue weighted by Gasteiger charge is -2.23. The number of amides is 2. The smallest absolute Gasteiger partial charge is 0.264 e. The molecular formula is C31H29ClN4O5S. The highest BCUT2D eigenvalue weighted by Crippen LogP contribution is 2.25. The number of benzene rings is 4. The first kappa shape index (κ1) is 30.3. The van der Waals surface area contributed by atoms with Gasteiger partial charge in [0.15, 0.2) is 0 Å². The monoisotopic (exact) mass is 604 g/mol. The summed E-state index contributed by atoms with van der Waals surface area (Å²) in [6.07, 6.45) is 0. The summed E-state index contributed by atoms with van der Waals surface area (Å²) < 4.78 is 33.6. The molecule has 2 amide bonds. The predicted molar refractivity (Wildman–Crippen MR) is 165 cm³/mol. The lowest BCUT2D eigenvalue weighted by Crippen LogP contribution is -2.39. The number of carbonyl (C=O) groups is 2. The Kier molecular flexibility index (Phi) is 9.95. The molecule has 0 radical (unpaired) electrons. The predicted octanol–water partition coefficient (Wildman–Crippen LogP) is 5.73. The summed E-state index contributed by atoms with van der Waals surface area (Å²) in [6.45, 7) is 3.46. The van der Waals surface area contributed by atoms with Gasteiger partial charge in [0.25, 0.3) is 21.8 Å². The van der Waals surface area contributed by atoms with Gasteiger partial charge in [-0.05, 0) is 86.1 Å². The summed E-state index contributed by atoms with van der Waals surface area (Å²) in [5.74, 6) is -0.427. The van der Waals surface area contributed by atoms with Crippen molar-refractivity contribution in [3.8, 4) is 5.75 Å². The second kappa shape index (κ2) is 13.8. The number of halogens is 1. The minimum Gasteiger partial charge on any atom is -0.494 e. The van der Waals surface area contributed by atoms with Crippen molar-refractivity contribution in [3.05, 3.63) is 119 Å². The number of hydrogen-bond donors (Lipinski definition) is 2. The van der Waals surface area contributed by atoms with Gasteiger partial charge < -0.3 is 10.1 Å². The topological polar surface area (TPSA) is 117 Å². The Hall–Kier alpha value is -4.67. The second-order valence-electron chi connectivity index (χ2n) is 9.03. The number of rotatable bonds is 11. The third-order valence-electron chi connectivity index (χ3n) is 6.03. The Morgan fingerprint density at radius 1 is 0.881 bits per heavy atom. The van der Waals surface area contributed by atoms with Gasteiger partial charge in [-0.2, -0.15) is 5.10 Å². The number of nitrogens with one attached hydrogen (secondary N) is 2. The molecule has 0 aliphatic heterocycles. The van der Waals surface area contributed by atoms with Crippen LogP contribution in [0.25, 0.3) is 0 Å². The molecule has 9 nitrogen and oxygen atoms in total. The van der Waals surface area contributed by atoms with Crippen LogP contribution in [0.1, 0.15) is 29.8 Å². The molecule has 42 heavy (non-hydrogen) atoms. The first-order valence-electron chi connectivity index (χ1n) is 13.0. The van der Waals surface area contributed by atoms with Crippen molar-refractivity contribution < 1.29 is 22.7 Å². The number of sulfonamides is 1. The van der Waals surface area contributed by atoms with Crippen molar-refractivity contribution in [2.45, 2.75) is 18.7 Å². The molecule has 4 aromatic rings. The third-order valence-corrected chi connectivity index (χ3v) is 8.05. The number of nitrogens with zero attached hydrogens (tertiary/aromatic N) is 2. The van der Waals surface area contributed by atoms with Gasteiger partial charge in [-0.3, -0.25) is 13.9 Å². The molecule has 0 fully saturated rings. The van der Waals surface area contributed by atoms with E-state index in [0.29, 0.717) is 45.6 Å². The van der Waals surface area contributed by atoms with Gasteiger partial charge in [0.2, 0.25) is 0 Å². The van der Waals surface area contributed by atoms with Crippen LogP contribution in [0.15, 0.2) is 113 Å². The van der Waals surface area contributed by atoms with Crippen molar-refractivity contribution in [1.29, 1.82) is 0 Å². The van der Waals surface area contributed by atoms with Gasteiger partial charge in [-0.25, -0.2) is 13.8 Å². The van der Waals surface area contributed by atoms with Gasteiger partial charge >= 0.3 is 0 Å². The van der Waals surface area contributed by atoms with E-state index in [-0.39, 0.29) is 10.8 Å². The normalized spacial score (nSPS) is 11.5. The molecule has 4 aromatic carbocycles. The van der Waals surface area contributed by atoms with Crippen molar-refractivity contribution in [3.63, 3.8) is 0 Å². The highest BCUT2D eigenvalue weighted by atomic mass is 35.5. The molecule has 11 heteroatoms. The van der Waals surface area contributed by atoms with Crippen molar-refractivity contribution in [1.82, 2.24) is 5.43 Å². The number of carbonyl (C=O) groups excluding carboxylic acids is 2. The molecule has 216 valence electrons. The van der Waals surface area contributed by atoms with Gasteiger partial charge in [0, 0.05) is 16.3 Å². The number of ether oxygens (including phenoxy) is 1. The van der Waals surface area contributed by atoms with Crippen LogP contribution < -0.4 is 19.8 Å². The van der Waals surface area contributed by atoms with Crippen LogP contribution in [0, 0.1) is 0 Å². The quantitative estimate of drug-likeness (QED) is 0.168. The Bertz CT molecular complexity index is 1690. The minimum absolute atomic E-state index is 0.0129. The van der Waals surface area contributed by atoms with Crippen LogP contribution in [0.3, 0.4) is 0 Å². The maximum atomic E-state index is 13.6. The lowest BCUT2D eigenvalue weighted by molar-refractivity contribution is -0.119. The molecule has 0 saturated heterocycles. The van der Waals surface area contributed by atoms with Crippen molar-refractivity contribution in [2.75, 3.05) is 22.8 Å². The zero-order valence-electron chi connectivity index (χ0n) is 23.0. The first-order valence-corrected chi connectivity index (χ1v) is 14.8. The zero-order chi connectivity index (χ0) is 30.1. The summed E-state index contributed by atoms with van der Waals surface area (Å²) in [5, 5.41) is 7.43. The maximum absolute atomic E-state index is 13.6. The molecule has 0 heterocycles. The molecule has 0 aliphatic rings. The van der Waals surface area contributed by atoms with E-state index < -0.39 is 22.5 Å². The van der Waals surface area contributed by atoms with Crippen LogP contribution in [0.2, 0.25) is 5.02 Å². The van der Waals surface area contributed by atoms with E-state index >= 15 is 0 Å². The zero-order valence-corrected chi connectivity index (χ0v) is 24.5. The van der Waals surface area contributed by atoms with E-state index in [1.54, 1.807) is 97.9 Å². The van der Waals surface area contributed by atoms with E-state index in [1.807, 2.05) is 6.92 Å². The van der Waals surface area contributed by atoms with Gasteiger partial charge in [-0.1, -0.05) is 48.0 Å². The fourth-order valence-electron chi connectivity index (χ4n) is 3.94. The SMILES string of the molecule is CCOc1ccc(S(=O)(=O)N(CC(=O)N/N=C(/C)c2cccc(NC(=O)c3cccc(Cl)c3)c2)c2ccccc2)cc1. The fraction of sp³-hybridized carbons (Fsp3) is 0.129. The standard InChI is InChI=1S/C31H29ClN4O5S/c1-3-41-28-15-17-29(18-16-28)42(39,40)36(27-13-5-4-6-14-27)21-30(37)35-34-22(2)23-9-8-12-26(20-23)33-31(38)24-10-7-11-25(32)19-24/h4-20H,3,21H2,1-2H3,(H,33,38)(H,35,37)/b34-22-. The molecule has 0 atom stereocenters. The third kappa shape index (κ3) is 7.74. The van der Waals surface area contributed by atoms with Crippen LogP contribution in [0.4, 0.5) is 11.4 Å². The molecule has 4 rings (SSSR count). The summed E-state index contributed by atoms with van der Waals surface area (Å²) in [5.41, 5.74) is 4.79. The molecule has 2 N–H and O–H groups in total. The summed E-state index contributed by atoms with van der Waals surface area (Å²) in [4.78, 5) is 25.6. The molecule has 0 bridgehead atoms. The van der Waals surface area contributed by atoms with E-state index in [2.05, 4.69) is 15.8 Å². The Morgan fingerprint density at radius 2 is 1.57 bits per heavy atom. The summed E-state index contributed by atoms with van der Waals surface area (Å²) >= 11 is 5.99. The number of hydrogen-bond acceptors (Lipinski definition) is 6. The van der Waals surface area contributed by atoms with Gasteiger partial charge in [0.1, 0.15) is 12.3 Å².